The van der Waals surface area contributed by atoms with Gasteiger partial charge in [0.15, 0.2) is 5.16 Å². The number of hydrogen-bond acceptors (Lipinski definition) is 4. The summed E-state index contributed by atoms with van der Waals surface area (Å²) in [5, 5.41) is 9.88. The van der Waals surface area contributed by atoms with Crippen molar-refractivity contribution in [1.82, 2.24) is 15.2 Å². The van der Waals surface area contributed by atoms with Gasteiger partial charge >= 0.3 is 0 Å². The number of H-pyrrole nitrogens is 1. The molecular formula is C18H18N4OS. The Morgan fingerprint density at radius 2 is 1.96 bits per heavy atom. The Morgan fingerprint density at radius 3 is 2.67 bits per heavy atom. The maximum absolute atomic E-state index is 12.9. The number of aromatic nitrogens is 3. The van der Waals surface area contributed by atoms with Gasteiger partial charge in [-0.3, -0.25) is 9.89 Å². The van der Waals surface area contributed by atoms with Crippen LogP contribution in [0.4, 0.5) is 5.69 Å². The van der Waals surface area contributed by atoms with Gasteiger partial charge in [0.1, 0.15) is 11.6 Å². The molecule has 0 spiro atoms. The zero-order valence-electron chi connectivity index (χ0n) is 13.5. The average molecular weight is 338 g/mol. The predicted molar refractivity (Wildman–Crippen MR) is 96.0 cm³/mol. The Hall–Kier alpha value is -2.60. The Kier molecular flexibility index (Phi) is 4.96. The molecule has 0 fully saturated rings. The minimum Gasteiger partial charge on any atom is -0.325 e. The highest BCUT2D eigenvalue weighted by atomic mass is 32.2. The van der Waals surface area contributed by atoms with Gasteiger partial charge in [-0.1, -0.05) is 54.2 Å². The van der Waals surface area contributed by atoms with Crippen molar-refractivity contribution in [1.29, 1.82) is 0 Å². The first-order chi connectivity index (χ1) is 11.6. The molecule has 1 atom stereocenters. The molecule has 0 aliphatic carbocycles. The number of aromatic amines is 1. The van der Waals surface area contributed by atoms with E-state index in [1.54, 1.807) is 0 Å². The van der Waals surface area contributed by atoms with E-state index in [1.165, 1.54) is 18.1 Å². The Balaban J connectivity index is 1.87. The molecule has 3 aromatic rings. The fourth-order valence-corrected chi connectivity index (χ4v) is 3.23. The highest BCUT2D eigenvalue weighted by Gasteiger charge is 2.23. The first kappa shape index (κ1) is 16.3. The molecule has 1 aromatic heterocycles. The van der Waals surface area contributed by atoms with Crippen molar-refractivity contribution in [3.8, 4) is 0 Å². The van der Waals surface area contributed by atoms with Crippen molar-refractivity contribution in [2.45, 2.75) is 24.3 Å². The standard InChI is InChI=1S/C18H18N4OS/c1-12-8-9-13(2)15(10-12)21-17(23)16(14-6-4-3-5-7-14)24-18-19-11-20-22-18/h3-11,16H,1-2H3,(H,21,23)(H,19,20,22)/t16-/m0/s1. The molecule has 24 heavy (non-hydrogen) atoms. The molecule has 6 heteroatoms. The van der Waals surface area contributed by atoms with E-state index in [0.29, 0.717) is 5.16 Å². The van der Waals surface area contributed by atoms with E-state index in [-0.39, 0.29) is 5.91 Å². The summed E-state index contributed by atoms with van der Waals surface area (Å²) < 4.78 is 0. The lowest BCUT2D eigenvalue weighted by Gasteiger charge is -2.17. The van der Waals surface area contributed by atoms with Gasteiger partial charge in [0.2, 0.25) is 5.91 Å². The SMILES string of the molecule is Cc1ccc(C)c(NC(=O)[C@@H](Sc2ncn[nH]2)c2ccccc2)c1. The zero-order chi connectivity index (χ0) is 16.9. The number of hydrogen-bond donors (Lipinski definition) is 2. The van der Waals surface area contributed by atoms with Crippen LogP contribution in [0.2, 0.25) is 0 Å². The molecule has 1 amide bonds. The highest BCUT2D eigenvalue weighted by Crippen LogP contribution is 2.34. The van der Waals surface area contributed by atoms with Crippen LogP contribution >= 0.6 is 11.8 Å². The largest absolute Gasteiger partial charge is 0.325 e. The predicted octanol–water partition coefficient (Wildman–Crippen LogP) is 3.89. The number of anilines is 1. The smallest absolute Gasteiger partial charge is 0.242 e. The monoisotopic (exact) mass is 338 g/mol. The van der Waals surface area contributed by atoms with Gasteiger partial charge in [-0.15, -0.1) is 0 Å². The number of carbonyl (C=O) groups excluding carboxylic acids is 1. The van der Waals surface area contributed by atoms with Crippen LogP contribution in [0.15, 0.2) is 60.0 Å². The summed E-state index contributed by atoms with van der Waals surface area (Å²) in [6.07, 6.45) is 1.44. The lowest BCUT2D eigenvalue weighted by atomic mass is 10.1. The third-order valence-corrected chi connectivity index (χ3v) is 4.76. The summed E-state index contributed by atoms with van der Waals surface area (Å²) in [6, 6.07) is 15.7. The maximum atomic E-state index is 12.9. The van der Waals surface area contributed by atoms with Crippen molar-refractivity contribution in [3.63, 3.8) is 0 Å². The van der Waals surface area contributed by atoms with Crippen molar-refractivity contribution >= 4 is 23.4 Å². The van der Waals surface area contributed by atoms with Crippen LogP contribution in [0.25, 0.3) is 0 Å². The maximum Gasteiger partial charge on any atom is 0.242 e. The van der Waals surface area contributed by atoms with E-state index in [4.69, 9.17) is 0 Å². The number of nitrogens with one attached hydrogen (secondary N) is 2. The number of benzene rings is 2. The van der Waals surface area contributed by atoms with E-state index in [9.17, 15) is 4.79 Å². The van der Waals surface area contributed by atoms with Crippen molar-refractivity contribution in [3.05, 3.63) is 71.5 Å². The van der Waals surface area contributed by atoms with Gasteiger partial charge in [-0.05, 0) is 36.6 Å². The lowest BCUT2D eigenvalue weighted by molar-refractivity contribution is -0.115. The van der Waals surface area contributed by atoms with Crippen LogP contribution in [0.5, 0.6) is 0 Å². The molecule has 0 unspecified atom stereocenters. The van der Waals surface area contributed by atoms with E-state index in [1.807, 2.05) is 62.4 Å². The number of thioether (sulfide) groups is 1. The fourth-order valence-electron chi connectivity index (χ4n) is 2.33. The summed E-state index contributed by atoms with van der Waals surface area (Å²) in [5.74, 6) is -0.0868. The van der Waals surface area contributed by atoms with Crippen molar-refractivity contribution < 1.29 is 4.79 Å². The van der Waals surface area contributed by atoms with Crippen LogP contribution in [0.3, 0.4) is 0 Å². The molecule has 0 bridgehead atoms. The van der Waals surface area contributed by atoms with Gasteiger partial charge in [-0.2, -0.15) is 5.10 Å². The van der Waals surface area contributed by atoms with Crippen LogP contribution in [-0.4, -0.2) is 21.1 Å². The Bertz CT molecular complexity index is 818. The molecule has 0 saturated carbocycles. The molecule has 0 saturated heterocycles. The fraction of sp³-hybridized carbons (Fsp3) is 0.167. The van der Waals surface area contributed by atoms with Gasteiger partial charge in [-0.25, -0.2) is 4.98 Å². The molecule has 0 aliphatic rings. The van der Waals surface area contributed by atoms with E-state index in [2.05, 4.69) is 20.5 Å². The summed E-state index contributed by atoms with van der Waals surface area (Å²) in [4.78, 5) is 17.0. The molecule has 5 nitrogen and oxygen atoms in total. The number of amides is 1. The van der Waals surface area contributed by atoms with Gasteiger partial charge < -0.3 is 5.32 Å². The van der Waals surface area contributed by atoms with E-state index in [0.717, 1.165) is 22.4 Å². The second-order valence-electron chi connectivity index (χ2n) is 5.51. The molecule has 122 valence electrons. The van der Waals surface area contributed by atoms with Gasteiger partial charge in [0.25, 0.3) is 0 Å². The summed E-state index contributed by atoms with van der Waals surface area (Å²) in [6.45, 7) is 3.99. The first-order valence-corrected chi connectivity index (χ1v) is 8.46. The van der Waals surface area contributed by atoms with Crippen molar-refractivity contribution in [2.75, 3.05) is 5.32 Å². The molecule has 2 aromatic carbocycles. The average Bonchev–Trinajstić information content (AvgIpc) is 3.10. The van der Waals surface area contributed by atoms with Crippen LogP contribution < -0.4 is 5.32 Å². The second-order valence-corrected chi connectivity index (χ2v) is 6.60. The topological polar surface area (TPSA) is 70.7 Å². The normalized spacial score (nSPS) is 11.9. The third-order valence-electron chi connectivity index (χ3n) is 3.61. The molecule has 0 radical (unpaired) electrons. The molecule has 1 heterocycles. The first-order valence-electron chi connectivity index (χ1n) is 7.58. The number of rotatable bonds is 5. The minimum atomic E-state index is -0.418. The van der Waals surface area contributed by atoms with Crippen molar-refractivity contribution in [2.24, 2.45) is 0 Å². The highest BCUT2D eigenvalue weighted by molar-refractivity contribution is 8.00. The summed E-state index contributed by atoms with van der Waals surface area (Å²) in [7, 11) is 0. The summed E-state index contributed by atoms with van der Waals surface area (Å²) >= 11 is 1.34. The number of nitrogens with zero attached hydrogens (tertiary/aromatic N) is 2. The molecule has 3 rings (SSSR count). The molecular weight excluding hydrogens is 320 g/mol. The summed E-state index contributed by atoms with van der Waals surface area (Å²) in [5.41, 5.74) is 3.89. The molecule has 2 N–H and O–H groups in total. The van der Waals surface area contributed by atoms with Crippen LogP contribution in [0.1, 0.15) is 21.9 Å². The van der Waals surface area contributed by atoms with Gasteiger partial charge in [0, 0.05) is 5.69 Å². The number of carbonyl (C=O) groups is 1. The third kappa shape index (κ3) is 3.83. The Morgan fingerprint density at radius 1 is 1.17 bits per heavy atom. The van der Waals surface area contributed by atoms with Crippen LogP contribution in [0, 0.1) is 13.8 Å². The van der Waals surface area contributed by atoms with E-state index >= 15 is 0 Å². The quantitative estimate of drug-likeness (QED) is 0.692. The zero-order valence-corrected chi connectivity index (χ0v) is 14.3. The minimum absolute atomic E-state index is 0.0868. The molecule has 0 aliphatic heterocycles. The Labute approximate surface area is 144 Å². The van der Waals surface area contributed by atoms with Crippen LogP contribution in [-0.2, 0) is 4.79 Å². The lowest BCUT2D eigenvalue weighted by Crippen LogP contribution is -2.19. The van der Waals surface area contributed by atoms with E-state index < -0.39 is 5.25 Å². The second kappa shape index (κ2) is 7.31. The number of aryl methyl sites for hydroxylation is 2. The van der Waals surface area contributed by atoms with Gasteiger partial charge in [0.05, 0.1) is 0 Å².